The number of ether oxygens (including phenoxy) is 4. The average Bonchev–Trinajstić information content (AvgIpc) is 3.21. The lowest BCUT2D eigenvalue weighted by atomic mass is 10.1. The molecule has 2 aromatic carbocycles. The molecule has 2 aliphatic rings. The highest BCUT2D eigenvalue weighted by atomic mass is 32.2. The number of hydrogen-bond acceptors (Lipinski definition) is 15. The molecule has 2 aliphatic heterocycles. The van der Waals surface area contributed by atoms with E-state index in [1.54, 1.807) is 31.3 Å². The van der Waals surface area contributed by atoms with Crippen LogP contribution >= 0.6 is 0 Å². The van der Waals surface area contributed by atoms with E-state index in [4.69, 9.17) is 25.7 Å². The number of aromatic nitrogens is 2. The van der Waals surface area contributed by atoms with Gasteiger partial charge in [-0.3, -0.25) is 19.2 Å². The second kappa shape index (κ2) is 23.2. The molecule has 58 heavy (non-hydrogen) atoms. The third kappa shape index (κ3) is 13.7. The molecule has 20 heteroatoms. The number of methoxy groups -OCH3 is 1. The molecule has 5 rings (SSSR count). The third-order valence-electron chi connectivity index (χ3n) is 8.87. The molecule has 1 aromatic heterocycles. The molecule has 4 bridgehead atoms. The molecule has 19 nitrogen and oxygen atoms in total. The largest absolute Gasteiger partial charge is 0.489 e. The van der Waals surface area contributed by atoms with Crippen LogP contribution in [0.1, 0.15) is 48.2 Å². The first-order valence-corrected chi connectivity index (χ1v) is 20.3. The first kappa shape index (κ1) is 45.5. The van der Waals surface area contributed by atoms with Crippen molar-refractivity contribution in [2.45, 2.75) is 49.6 Å². The first-order valence-electron chi connectivity index (χ1n) is 18.9. The van der Waals surface area contributed by atoms with Crippen LogP contribution in [0.2, 0.25) is 0 Å². The molecule has 0 saturated carbocycles. The SMILES string of the molecule is CNCc1cccc2c1OCCOCCOCCN(CCCC(=O)NCC(=O)NCCCC[C@@H](N)C(=O)OC)S(=O)(=O)c1ccc(cc1)-c1cnc(N)c(n1)C(=O)N2. The molecule has 0 unspecified atom stereocenters. The van der Waals surface area contributed by atoms with Gasteiger partial charge in [-0.25, -0.2) is 18.4 Å². The van der Waals surface area contributed by atoms with Gasteiger partial charge < -0.3 is 51.7 Å². The number of amides is 3. The summed E-state index contributed by atoms with van der Waals surface area (Å²) < 4.78 is 51.1. The lowest BCUT2D eigenvalue weighted by molar-refractivity contribution is -0.142. The molecule has 0 saturated heterocycles. The fraction of sp³-hybridized carbons (Fsp3) is 0.474. The van der Waals surface area contributed by atoms with E-state index in [1.807, 2.05) is 6.07 Å². The Hall–Kier alpha value is -5.25. The van der Waals surface area contributed by atoms with Crippen LogP contribution in [0, 0.1) is 0 Å². The van der Waals surface area contributed by atoms with Gasteiger partial charge in [0, 0.05) is 43.7 Å². The number of benzene rings is 2. The van der Waals surface area contributed by atoms with Crippen molar-refractivity contribution in [3.63, 3.8) is 0 Å². The Morgan fingerprint density at radius 1 is 0.983 bits per heavy atom. The Morgan fingerprint density at radius 2 is 1.72 bits per heavy atom. The van der Waals surface area contributed by atoms with E-state index in [0.29, 0.717) is 49.4 Å². The second-order valence-electron chi connectivity index (χ2n) is 13.1. The van der Waals surface area contributed by atoms with Crippen molar-refractivity contribution in [2.24, 2.45) is 5.73 Å². The van der Waals surface area contributed by atoms with E-state index in [0.717, 1.165) is 5.56 Å². The Morgan fingerprint density at radius 3 is 2.47 bits per heavy atom. The zero-order valence-corrected chi connectivity index (χ0v) is 33.6. The zero-order valence-electron chi connectivity index (χ0n) is 32.8. The van der Waals surface area contributed by atoms with Gasteiger partial charge in [-0.2, -0.15) is 4.31 Å². The molecule has 3 heterocycles. The fourth-order valence-corrected chi connectivity index (χ4v) is 7.25. The van der Waals surface area contributed by atoms with Gasteiger partial charge >= 0.3 is 5.97 Å². The van der Waals surface area contributed by atoms with E-state index < -0.39 is 33.8 Å². The van der Waals surface area contributed by atoms with Gasteiger partial charge in [0.2, 0.25) is 21.8 Å². The number of nitrogens with one attached hydrogen (secondary N) is 4. The number of anilines is 2. The Bertz CT molecular complexity index is 1950. The summed E-state index contributed by atoms with van der Waals surface area (Å²) in [6.07, 6.45) is 3.13. The highest BCUT2D eigenvalue weighted by Crippen LogP contribution is 2.30. The lowest BCUT2D eigenvalue weighted by Gasteiger charge is -2.22. The standard InChI is InChI=1S/C38H53N9O10S/c1-41-23-27-7-5-9-30-35(27)57-22-21-56-20-19-55-18-17-47(16-6-10-32(48)43-25-33(49)42-15-4-3-8-29(39)38(51)54-2)58(52,53)28-13-11-26(12-14-28)31-24-44-36(40)34(45-31)37(50)46-30/h5,7,9,11-14,24,29,41H,3-4,6,8,10,15-23,25,39H2,1-2H3,(H2,40,44)(H,42,49)(H,43,48)(H,46,50)/t29-/m1/s1. The predicted octanol–water partition coefficient (Wildman–Crippen LogP) is 0.797. The molecule has 8 N–H and O–H groups in total. The van der Waals surface area contributed by atoms with E-state index in [9.17, 15) is 27.6 Å². The zero-order chi connectivity index (χ0) is 41.9. The van der Waals surface area contributed by atoms with Crippen molar-refractivity contribution in [2.75, 3.05) is 84.4 Å². The van der Waals surface area contributed by atoms with Crippen LogP contribution in [-0.2, 0) is 45.2 Å². The summed E-state index contributed by atoms with van der Waals surface area (Å²) in [5.41, 5.74) is 13.6. The minimum atomic E-state index is -4.06. The number of fused-ring (bicyclic) bond motifs is 13. The van der Waals surface area contributed by atoms with Gasteiger partial charge in [0.05, 0.1) is 62.6 Å². The molecule has 3 aromatic rings. The fourth-order valence-electron chi connectivity index (χ4n) is 5.79. The lowest BCUT2D eigenvalue weighted by Crippen LogP contribution is -2.38. The normalized spacial score (nSPS) is 15.7. The summed E-state index contributed by atoms with van der Waals surface area (Å²) in [5.74, 6) is -1.56. The molecule has 316 valence electrons. The highest BCUT2D eigenvalue weighted by Gasteiger charge is 2.25. The maximum absolute atomic E-state index is 13.9. The molecular weight excluding hydrogens is 775 g/mol. The molecule has 3 amide bonds. The number of para-hydroxylation sites is 1. The van der Waals surface area contributed by atoms with E-state index in [-0.39, 0.29) is 93.5 Å². The van der Waals surface area contributed by atoms with Crippen LogP contribution < -0.4 is 37.5 Å². The number of esters is 1. The molecule has 0 fully saturated rings. The van der Waals surface area contributed by atoms with Crippen molar-refractivity contribution in [1.29, 1.82) is 0 Å². The van der Waals surface area contributed by atoms with Crippen molar-refractivity contribution in [3.8, 4) is 17.0 Å². The summed E-state index contributed by atoms with van der Waals surface area (Å²) in [7, 11) is -1.00. The topological polar surface area (TPSA) is 269 Å². The summed E-state index contributed by atoms with van der Waals surface area (Å²) in [5, 5.41) is 11.2. The minimum absolute atomic E-state index is 0.00527. The molecule has 1 atom stereocenters. The van der Waals surface area contributed by atoms with E-state index >= 15 is 0 Å². The minimum Gasteiger partial charge on any atom is -0.489 e. The van der Waals surface area contributed by atoms with E-state index in [2.05, 4.69) is 36.0 Å². The number of nitrogens with zero attached hydrogens (tertiary/aromatic N) is 3. The maximum atomic E-state index is 13.9. The molecule has 0 spiro atoms. The number of rotatable bonds is 14. The molecule has 0 aliphatic carbocycles. The summed E-state index contributed by atoms with van der Waals surface area (Å²) in [6.45, 7) is 1.39. The number of nitrogens with two attached hydrogens (primary N) is 2. The van der Waals surface area contributed by atoms with Crippen LogP contribution in [0.3, 0.4) is 0 Å². The van der Waals surface area contributed by atoms with Crippen LogP contribution in [0.5, 0.6) is 5.75 Å². The van der Waals surface area contributed by atoms with Crippen molar-refractivity contribution in [3.05, 3.63) is 59.9 Å². The van der Waals surface area contributed by atoms with Gasteiger partial charge in [-0.15, -0.1) is 0 Å². The summed E-state index contributed by atoms with van der Waals surface area (Å²) in [6, 6.07) is 10.6. The van der Waals surface area contributed by atoms with Gasteiger partial charge in [0.1, 0.15) is 18.4 Å². The second-order valence-corrected chi connectivity index (χ2v) is 15.1. The Labute approximate surface area is 338 Å². The van der Waals surface area contributed by atoms with Gasteiger partial charge in [-0.05, 0) is 50.9 Å². The molecular formula is C38H53N9O10S. The van der Waals surface area contributed by atoms with Crippen LogP contribution in [-0.4, -0.2) is 126 Å². The number of nitrogen functional groups attached to an aromatic ring is 1. The Kier molecular flexibility index (Phi) is 18.2. The van der Waals surface area contributed by atoms with Crippen molar-refractivity contribution < 1.29 is 46.5 Å². The van der Waals surface area contributed by atoms with Crippen molar-refractivity contribution in [1.82, 2.24) is 30.2 Å². The first-order chi connectivity index (χ1) is 27.9. The average molecular weight is 828 g/mol. The van der Waals surface area contributed by atoms with Crippen molar-refractivity contribution >= 4 is 45.2 Å². The number of carbonyl (C=O) groups excluding carboxylic acids is 4. The van der Waals surface area contributed by atoms with Crippen LogP contribution in [0.25, 0.3) is 11.3 Å². The number of carbonyl (C=O) groups is 4. The number of unbranched alkanes of at least 4 members (excludes halogenated alkanes) is 1. The highest BCUT2D eigenvalue weighted by molar-refractivity contribution is 7.89. The van der Waals surface area contributed by atoms with Crippen LogP contribution in [0.15, 0.2) is 53.6 Å². The number of sulfonamides is 1. The smallest absolute Gasteiger partial charge is 0.322 e. The summed E-state index contributed by atoms with van der Waals surface area (Å²) >= 11 is 0. The van der Waals surface area contributed by atoms with E-state index in [1.165, 1.54) is 29.7 Å². The Balaban J connectivity index is 1.41. The maximum Gasteiger partial charge on any atom is 0.322 e. The molecule has 0 radical (unpaired) electrons. The van der Waals surface area contributed by atoms with Crippen LogP contribution in [0.4, 0.5) is 11.5 Å². The van der Waals surface area contributed by atoms with Gasteiger partial charge in [0.25, 0.3) is 5.91 Å². The van der Waals surface area contributed by atoms with Gasteiger partial charge in [-0.1, -0.05) is 24.3 Å². The third-order valence-corrected chi connectivity index (χ3v) is 10.8. The predicted molar refractivity (Wildman–Crippen MR) is 214 cm³/mol. The quantitative estimate of drug-likeness (QED) is 0.0746. The summed E-state index contributed by atoms with van der Waals surface area (Å²) in [4.78, 5) is 58.3. The van der Waals surface area contributed by atoms with Gasteiger partial charge in [0.15, 0.2) is 11.5 Å². The monoisotopic (exact) mass is 827 g/mol. The number of hydrogen-bond donors (Lipinski definition) is 6.